The zero-order chi connectivity index (χ0) is 15.6. The minimum Gasteiger partial charge on any atom is -0.398 e. The Bertz CT molecular complexity index is 789. The Hall–Kier alpha value is -1.81. The van der Waals surface area contributed by atoms with Crippen molar-refractivity contribution in [3.05, 3.63) is 51.6 Å². The number of primary amides is 1. The summed E-state index contributed by atoms with van der Waals surface area (Å²) in [5, 5.41) is 0. The van der Waals surface area contributed by atoms with Gasteiger partial charge in [-0.05, 0) is 65.1 Å². The number of nitrogen functional groups attached to an aromatic ring is 1. The summed E-state index contributed by atoms with van der Waals surface area (Å²) in [5.74, 6) is -0.670. The number of nitrogens with one attached hydrogen (secondary N) is 1. The Morgan fingerprint density at radius 1 is 1.10 bits per heavy atom. The largest absolute Gasteiger partial charge is 0.398 e. The first kappa shape index (κ1) is 15.6. The lowest BCUT2D eigenvalue weighted by Gasteiger charge is -2.11. The van der Waals surface area contributed by atoms with Crippen LogP contribution in [0.4, 0.5) is 11.4 Å². The molecule has 8 heteroatoms. The van der Waals surface area contributed by atoms with Crippen LogP contribution in [-0.2, 0) is 10.0 Å². The van der Waals surface area contributed by atoms with E-state index in [9.17, 15) is 13.2 Å². The lowest BCUT2D eigenvalue weighted by atomic mass is 10.2. The summed E-state index contributed by atoms with van der Waals surface area (Å²) in [4.78, 5) is 10.9. The molecule has 0 bridgehead atoms. The van der Waals surface area contributed by atoms with Gasteiger partial charge in [0.25, 0.3) is 10.0 Å². The molecule has 0 fully saturated rings. The summed E-state index contributed by atoms with van der Waals surface area (Å²) in [5.41, 5.74) is 11.4. The molecule has 2 rings (SSSR count). The van der Waals surface area contributed by atoms with Crippen LogP contribution < -0.4 is 16.2 Å². The third-order valence-electron chi connectivity index (χ3n) is 2.68. The number of carbonyl (C=O) groups excluding carboxylic acids is 1. The highest BCUT2D eigenvalue weighted by Crippen LogP contribution is 2.23. The molecular formula is C13H12IN3O3S. The van der Waals surface area contributed by atoms with Crippen LogP contribution in [0.15, 0.2) is 47.4 Å². The molecule has 0 radical (unpaired) electrons. The number of hydrogen-bond donors (Lipinski definition) is 3. The summed E-state index contributed by atoms with van der Waals surface area (Å²) in [6, 6.07) is 10.7. The molecule has 2 aromatic carbocycles. The predicted molar refractivity (Wildman–Crippen MR) is 89.3 cm³/mol. The zero-order valence-corrected chi connectivity index (χ0v) is 13.7. The molecule has 2 aromatic rings. The third kappa shape index (κ3) is 3.64. The minimum atomic E-state index is -3.83. The molecule has 110 valence electrons. The monoisotopic (exact) mass is 417 g/mol. The highest BCUT2D eigenvalue weighted by molar-refractivity contribution is 14.1. The molecule has 1 amide bonds. The number of rotatable bonds is 4. The molecule has 0 aliphatic carbocycles. The van der Waals surface area contributed by atoms with Crippen molar-refractivity contribution in [1.29, 1.82) is 0 Å². The van der Waals surface area contributed by atoms with E-state index in [-0.39, 0.29) is 16.1 Å². The van der Waals surface area contributed by atoms with Crippen molar-refractivity contribution >= 4 is 49.9 Å². The van der Waals surface area contributed by atoms with Crippen LogP contribution in [0.2, 0.25) is 0 Å². The van der Waals surface area contributed by atoms with Gasteiger partial charge in [-0.2, -0.15) is 0 Å². The van der Waals surface area contributed by atoms with Crippen LogP contribution in [0.25, 0.3) is 0 Å². The number of carbonyl (C=O) groups is 1. The van der Waals surface area contributed by atoms with Crippen molar-refractivity contribution in [1.82, 2.24) is 0 Å². The Kier molecular flexibility index (Phi) is 4.37. The van der Waals surface area contributed by atoms with Gasteiger partial charge in [-0.1, -0.05) is 0 Å². The van der Waals surface area contributed by atoms with Crippen molar-refractivity contribution in [2.24, 2.45) is 5.73 Å². The van der Waals surface area contributed by atoms with E-state index in [2.05, 4.69) is 27.3 Å². The third-order valence-corrected chi connectivity index (χ3v) is 4.85. The van der Waals surface area contributed by atoms with E-state index >= 15 is 0 Å². The molecular weight excluding hydrogens is 405 g/mol. The van der Waals surface area contributed by atoms with Gasteiger partial charge in [0.2, 0.25) is 5.91 Å². The Morgan fingerprint density at radius 2 is 1.71 bits per heavy atom. The first-order valence-corrected chi connectivity index (χ1v) is 8.33. The van der Waals surface area contributed by atoms with Crippen LogP contribution in [0.1, 0.15) is 10.4 Å². The van der Waals surface area contributed by atoms with Gasteiger partial charge >= 0.3 is 0 Å². The first-order chi connectivity index (χ1) is 9.79. The summed E-state index contributed by atoms with van der Waals surface area (Å²) in [6.45, 7) is 0. The normalized spacial score (nSPS) is 11.1. The molecule has 0 heterocycles. The fourth-order valence-corrected chi connectivity index (χ4v) is 3.21. The minimum absolute atomic E-state index is 0.0377. The molecule has 0 aromatic heterocycles. The van der Waals surface area contributed by atoms with Crippen LogP contribution in [0, 0.1) is 3.57 Å². The molecule has 0 saturated carbocycles. The van der Waals surface area contributed by atoms with Gasteiger partial charge in [-0.3, -0.25) is 9.52 Å². The summed E-state index contributed by atoms with van der Waals surface area (Å²) < 4.78 is 28.0. The average Bonchev–Trinajstić information content (AvgIpc) is 2.40. The molecule has 0 atom stereocenters. The van der Waals surface area contributed by atoms with Gasteiger partial charge in [0.15, 0.2) is 0 Å². The number of nitrogens with two attached hydrogens (primary N) is 2. The van der Waals surface area contributed by atoms with Gasteiger partial charge in [0.1, 0.15) is 4.90 Å². The number of hydrogen-bond acceptors (Lipinski definition) is 4. The van der Waals surface area contributed by atoms with Gasteiger partial charge < -0.3 is 11.5 Å². The lowest BCUT2D eigenvalue weighted by molar-refractivity contribution is 0.1000. The number of sulfonamides is 1. The Balaban J connectivity index is 2.35. The van der Waals surface area contributed by atoms with E-state index in [1.54, 1.807) is 24.3 Å². The molecule has 0 spiro atoms. The quantitative estimate of drug-likeness (QED) is 0.520. The predicted octanol–water partition coefficient (Wildman–Crippen LogP) is 1.77. The molecule has 0 saturated heterocycles. The topological polar surface area (TPSA) is 115 Å². The van der Waals surface area contributed by atoms with E-state index in [0.29, 0.717) is 5.69 Å². The van der Waals surface area contributed by atoms with Gasteiger partial charge in [-0.25, -0.2) is 8.42 Å². The van der Waals surface area contributed by atoms with Crippen molar-refractivity contribution in [3.8, 4) is 0 Å². The van der Waals surface area contributed by atoms with Crippen molar-refractivity contribution in [2.45, 2.75) is 4.90 Å². The molecule has 21 heavy (non-hydrogen) atoms. The number of benzene rings is 2. The maximum absolute atomic E-state index is 12.3. The maximum Gasteiger partial charge on any atom is 0.263 e. The van der Waals surface area contributed by atoms with E-state index in [0.717, 1.165) is 3.57 Å². The molecule has 5 N–H and O–H groups in total. The fraction of sp³-hybridized carbons (Fsp3) is 0. The maximum atomic E-state index is 12.3. The van der Waals surface area contributed by atoms with Crippen LogP contribution in [0.5, 0.6) is 0 Å². The summed E-state index contributed by atoms with van der Waals surface area (Å²) in [7, 11) is -3.83. The Morgan fingerprint density at radius 3 is 2.24 bits per heavy atom. The zero-order valence-electron chi connectivity index (χ0n) is 10.7. The second-order valence-electron chi connectivity index (χ2n) is 4.23. The fourth-order valence-electron chi connectivity index (χ4n) is 1.67. The van der Waals surface area contributed by atoms with E-state index in [1.165, 1.54) is 18.2 Å². The number of halogens is 1. The van der Waals surface area contributed by atoms with Crippen LogP contribution in [-0.4, -0.2) is 14.3 Å². The van der Waals surface area contributed by atoms with Crippen molar-refractivity contribution in [3.63, 3.8) is 0 Å². The van der Waals surface area contributed by atoms with Gasteiger partial charge in [-0.15, -0.1) is 0 Å². The lowest BCUT2D eigenvalue weighted by Crippen LogP contribution is -2.16. The second-order valence-corrected chi connectivity index (χ2v) is 7.13. The van der Waals surface area contributed by atoms with E-state index in [4.69, 9.17) is 11.5 Å². The molecule has 0 unspecified atom stereocenters. The number of anilines is 2. The standard InChI is InChI=1S/C13H12IN3O3S/c14-9-2-4-10(5-3-9)17-21(19,20)12-6-1-8(13(16)18)7-11(12)15/h1-7,17H,15H2,(H2,16,18). The van der Waals surface area contributed by atoms with Crippen molar-refractivity contribution in [2.75, 3.05) is 10.5 Å². The highest BCUT2D eigenvalue weighted by atomic mass is 127. The molecule has 0 aliphatic rings. The Labute approximate surface area is 135 Å². The smallest absolute Gasteiger partial charge is 0.263 e. The summed E-state index contributed by atoms with van der Waals surface area (Å²) >= 11 is 2.12. The van der Waals surface area contributed by atoms with E-state index in [1.807, 2.05) is 0 Å². The van der Waals surface area contributed by atoms with Gasteiger partial charge in [0, 0.05) is 14.8 Å². The molecule has 0 aliphatic heterocycles. The summed E-state index contributed by atoms with van der Waals surface area (Å²) in [6.07, 6.45) is 0. The van der Waals surface area contributed by atoms with Gasteiger partial charge in [0.05, 0.1) is 5.69 Å². The van der Waals surface area contributed by atoms with Crippen LogP contribution in [0.3, 0.4) is 0 Å². The van der Waals surface area contributed by atoms with Crippen molar-refractivity contribution < 1.29 is 13.2 Å². The molecule has 6 nitrogen and oxygen atoms in total. The van der Waals surface area contributed by atoms with E-state index < -0.39 is 15.9 Å². The average molecular weight is 417 g/mol. The first-order valence-electron chi connectivity index (χ1n) is 5.77. The SMILES string of the molecule is NC(=O)c1ccc(S(=O)(=O)Nc2ccc(I)cc2)c(N)c1. The van der Waals surface area contributed by atoms with Crippen LogP contribution >= 0.6 is 22.6 Å². The number of amides is 1. The second kappa shape index (κ2) is 5.90. The highest BCUT2D eigenvalue weighted by Gasteiger charge is 2.18.